The number of benzene rings is 1. The third-order valence-corrected chi connectivity index (χ3v) is 2.78. The van der Waals surface area contributed by atoms with Crippen LogP contribution in [0.2, 0.25) is 5.02 Å². The summed E-state index contributed by atoms with van der Waals surface area (Å²) >= 11 is 6.01. The molecule has 0 amide bonds. The van der Waals surface area contributed by atoms with E-state index in [4.69, 9.17) is 11.6 Å². The van der Waals surface area contributed by atoms with Crippen molar-refractivity contribution in [2.24, 2.45) is 0 Å². The lowest BCUT2D eigenvalue weighted by Crippen LogP contribution is -2.30. The summed E-state index contributed by atoms with van der Waals surface area (Å²) in [7, 11) is 0. The topological polar surface area (TPSA) is 29.1 Å². The molecule has 1 aliphatic heterocycles. The first-order valence-electron chi connectivity index (χ1n) is 4.96. The fourth-order valence-electron chi connectivity index (χ4n) is 1.60. The van der Waals surface area contributed by atoms with Crippen molar-refractivity contribution in [1.29, 1.82) is 0 Å². The van der Waals surface area contributed by atoms with Gasteiger partial charge in [-0.3, -0.25) is 4.79 Å². The quantitative estimate of drug-likeness (QED) is 0.738. The van der Waals surface area contributed by atoms with Crippen molar-refractivity contribution >= 4 is 23.5 Å². The minimum atomic E-state index is 0.216. The largest absolute Gasteiger partial charge is 0.312 e. The molecule has 15 heavy (non-hydrogen) atoms. The van der Waals surface area contributed by atoms with Crippen LogP contribution >= 0.6 is 11.6 Å². The first-order valence-corrected chi connectivity index (χ1v) is 5.34. The number of carbonyl (C=O) groups is 1. The summed E-state index contributed by atoms with van der Waals surface area (Å²) < 4.78 is 0. The number of rotatable bonds is 1. The second kappa shape index (κ2) is 4.60. The standard InChI is InChI=1S/C12H12ClNO/c13-11-4-2-1-3-9(11)7-10-8-14-6-5-12(10)15/h1-4,7,14H,5-6,8H2. The molecule has 78 valence electrons. The van der Waals surface area contributed by atoms with E-state index in [2.05, 4.69) is 5.32 Å². The van der Waals surface area contributed by atoms with Gasteiger partial charge in [0.15, 0.2) is 5.78 Å². The van der Waals surface area contributed by atoms with Gasteiger partial charge in [0.25, 0.3) is 0 Å². The van der Waals surface area contributed by atoms with Crippen LogP contribution < -0.4 is 5.32 Å². The van der Waals surface area contributed by atoms with E-state index >= 15 is 0 Å². The molecule has 1 aromatic carbocycles. The van der Waals surface area contributed by atoms with Crippen LogP contribution in [0.15, 0.2) is 29.8 Å². The first-order chi connectivity index (χ1) is 7.27. The smallest absolute Gasteiger partial charge is 0.161 e. The molecule has 1 aliphatic rings. The van der Waals surface area contributed by atoms with Crippen LogP contribution in [-0.4, -0.2) is 18.9 Å². The highest BCUT2D eigenvalue weighted by molar-refractivity contribution is 6.32. The van der Waals surface area contributed by atoms with Gasteiger partial charge in [0.2, 0.25) is 0 Å². The van der Waals surface area contributed by atoms with Crippen molar-refractivity contribution < 1.29 is 4.79 Å². The highest BCUT2D eigenvalue weighted by Gasteiger charge is 2.14. The van der Waals surface area contributed by atoms with E-state index in [9.17, 15) is 4.79 Å². The van der Waals surface area contributed by atoms with E-state index in [1.54, 1.807) is 0 Å². The molecule has 2 nitrogen and oxygen atoms in total. The highest BCUT2D eigenvalue weighted by Crippen LogP contribution is 2.19. The fraction of sp³-hybridized carbons (Fsp3) is 0.250. The summed E-state index contributed by atoms with van der Waals surface area (Å²) in [6.45, 7) is 1.42. The summed E-state index contributed by atoms with van der Waals surface area (Å²) in [6.07, 6.45) is 2.45. The average Bonchev–Trinajstić information content (AvgIpc) is 2.24. The molecule has 0 aliphatic carbocycles. The molecule has 0 unspecified atom stereocenters. The molecular weight excluding hydrogens is 210 g/mol. The molecular formula is C12H12ClNO. The Hall–Kier alpha value is -1.12. The van der Waals surface area contributed by atoms with Crippen molar-refractivity contribution in [2.75, 3.05) is 13.1 Å². The van der Waals surface area contributed by atoms with Crippen LogP contribution in [0.4, 0.5) is 0 Å². The molecule has 1 fully saturated rings. The maximum atomic E-state index is 11.6. The van der Waals surface area contributed by atoms with Gasteiger partial charge in [0.1, 0.15) is 0 Å². The number of carbonyl (C=O) groups excluding carboxylic acids is 1. The van der Waals surface area contributed by atoms with Crippen LogP contribution in [0.1, 0.15) is 12.0 Å². The summed E-state index contributed by atoms with van der Waals surface area (Å²) in [6, 6.07) is 7.54. The van der Waals surface area contributed by atoms with Crippen molar-refractivity contribution in [1.82, 2.24) is 5.32 Å². The number of hydrogen-bond acceptors (Lipinski definition) is 2. The van der Waals surface area contributed by atoms with Crippen molar-refractivity contribution in [3.63, 3.8) is 0 Å². The Morgan fingerprint density at radius 3 is 2.87 bits per heavy atom. The van der Waals surface area contributed by atoms with E-state index < -0.39 is 0 Å². The SMILES string of the molecule is O=C1CCNCC1=Cc1ccccc1Cl. The Labute approximate surface area is 93.9 Å². The Morgan fingerprint density at radius 1 is 1.33 bits per heavy atom. The number of Topliss-reactive ketones (excluding diaryl/α,β-unsaturated/α-hetero) is 1. The average molecular weight is 222 g/mol. The molecule has 3 heteroatoms. The number of nitrogens with one attached hydrogen (secondary N) is 1. The minimum Gasteiger partial charge on any atom is -0.312 e. The van der Waals surface area contributed by atoms with E-state index in [1.165, 1.54) is 0 Å². The van der Waals surface area contributed by atoms with Gasteiger partial charge >= 0.3 is 0 Å². The van der Waals surface area contributed by atoms with Gasteiger partial charge in [-0.05, 0) is 17.7 Å². The van der Waals surface area contributed by atoms with Crippen LogP contribution in [0.3, 0.4) is 0 Å². The molecule has 1 aromatic rings. The molecule has 1 N–H and O–H groups in total. The Bertz CT molecular complexity index is 412. The van der Waals surface area contributed by atoms with Crippen molar-refractivity contribution in [3.05, 3.63) is 40.4 Å². The third kappa shape index (κ3) is 2.46. The number of ketones is 1. The van der Waals surface area contributed by atoms with Gasteiger partial charge in [-0.25, -0.2) is 0 Å². The van der Waals surface area contributed by atoms with Gasteiger partial charge in [0.05, 0.1) is 0 Å². The molecule has 0 radical (unpaired) electrons. The number of piperidine rings is 1. The molecule has 0 bridgehead atoms. The lowest BCUT2D eigenvalue weighted by atomic mass is 10.0. The third-order valence-electron chi connectivity index (χ3n) is 2.44. The molecule has 0 atom stereocenters. The Kier molecular flexibility index (Phi) is 3.19. The van der Waals surface area contributed by atoms with Gasteiger partial charge in [-0.15, -0.1) is 0 Å². The van der Waals surface area contributed by atoms with E-state index in [-0.39, 0.29) is 5.78 Å². The summed E-state index contributed by atoms with van der Waals surface area (Å²) in [5, 5.41) is 3.86. The Balaban J connectivity index is 2.29. The molecule has 1 saturated heterocycles. The highest BCUT2D eigenvalue weighted by atomic mass is 35.5. The van der Waals surface area contributed by atoms with Gasteiger partial charge in [-0.2, -0.15) is 0 Å². The summed E-state index contributed by atoms with van der Waals surface area (Å²) in [4.78, 5) is 11.6. The zero-order chi connectivity index (χ0) is 10.7. The summed E-state index contributed by atoms with van der Waals surface area (Å²) in [5.41, 5.74) is 1.72. The fourth-order valence-corrected chi connectivity index (χ4v) is 1.79. The number of hydrogen-bond donors (Lipinski definition) is 1. The molecule has 1 heterocycles. The Morgan fingerprint density at radius 2 is 2.13 bits per heavy atom. The molecule has 0 spiro atoms. The molecule has 0 aromatic heterocycles. The van der Waals surface area contributed by atoms with E-state index in [1.807, 2.05) is 30.3 Å². The molecule has 0 saturated carbocycles. The predicted octanol–water partition coefficient (Wildman–Crippen LogP) is 2.29. The van der Waals surface area contributed by atoms with E-state index in [0.29, 0.717) is 18.0 Å². The normalized spacial score (nSPS) is 19.5. The number of halogens is 1. The summed E-state index contributed by atoms with van der Waals surface area (Å²) in [5.74, 6) is 0.216. The van der Waals surface area contributed by atoms with Crippen molar-refractivity contribution in [3.8, 4) is 0 Å². The lowest BCUT2D eigenvalue weighted by Gasteiger charge is -2.14. The van der Waals surface area contributed by atoms with Gasteiger partial charge in [0, 0.05) is 30.1 Å². The monoisotopic (exact) mass is 221 g/mol. The predicted molar refractivity (Wildman–Crippen MR) is 61.9 cm³/mol. The maximum absolute atomic E-state index is 11.6. The maximum Gasteiger partial charge on any atom is 0.161 e. The second-order valence-electron chi connectivity index (χ2n) is 3.54. The van der Waals surface area contributed by atoms with Crippen LogP contribution in [-0.2, 0) is 4.79 Å². The minimum absolute atomic E-state index is 0.216. The first kappa shape index (κ1) is 10.4. The zero-order valence-electron chi connectivity index (χ0n) is 8.29. The zero-order valence-corrected chi connectivity index (χ0v) is 9.05. The van der Waals surface area contributed by atoms with Crippen LogP contribution in [0.5, 0.6) is 0 Å². The van der Waals surface area contributed by atoms with Crippen LogP contribution in [0, 0.1) is 0 Å². The molecule has 2 rings (SSSR count). The van der Waals surface area contributed by atoms with Gasteiger partial charge in [-0.1, -0.05) is 29.8 Å². The van der Waals surface area contributed by atoms with Crippen molar-refractivity contribution in [2.45, 2.75) is 6.42 Å². The van der Waals surface area contributed by atoms with E-state index in [0.717, 1.165) is 17.7 Å². The van der Waals surface area contributed by atoms with Crippen LogP contribution in [0.25, 0.3) is 6.08 Å². The lowest BCUT2D eigenvalue weighted by molar-refractivity contribution is -0.116. The second-order valence-corrected chi connectivity index (χ2v) is 3.95. The van der Waals surface area contributed by atoms with Gasteiger partial charge < -0.3 is 5.32 Å².